The highest BCUT2D eigenvalue weighted by Gasteiger charge is 2.54. The van der Waals surface area contributed by atoms with E-state index >= 15 is 0 Å². The molecule has 8 nitrogen and oxygen atoms in total. The van der Waals surface area contributed by atoms with Crippen molar-refractivity contribution in [3.8, 4) is 0 Å². The lowest BCUT2D eigenvalue weighted by molar-refractivity contribution is -0.137. The summed E-state index contributed by atoms with van der Waals surface area (Å²) in [5.74, 6) is 0.441. The Labute approximate surface area is 225 Å². The fourth-order valence-electron chi connectivity index (χ4n) is 6.17. The van der Waals surface area contributed by atoms with Gasteiger partial charge in [-0.2, -0.15) is 0 Å². The second-order valence-corrected chi connectivity index (χ2v) is 10.9. The predicted octanol–water partition coefficient (Wildman–Crippen LogP) is 3.73. The van der Waals surface area contributed by atoms with E-state index in [4.69, 9.17) is 0 Å². The minimum atomic E-state index is -0.749. The van der Waals surface area contributed by atoms with Crippen molar-refractivity contribution in [3.63, 3.8) is 0 Å². The molecular formula is C30H39N5O3. The van der Waals surface area contributed by atoms with Crippen LogP contribution in [-0.2, 0) is 16.1 Å². The fraction of sp³-hybridized carbons (Fsp3) is 0.500. The number of benzene rings is 2. The van der Waals surface area contributed by atoms with Crippen LogP contribution in [-0.4, -0.2) is 66.0 Å². The SMILES string of the molecule is O=C(CN1CN(c2ccccc2)C2(CCN(C(=O)NCc3ccccc3)CC2)C1=O)NCC1CCCCC1. The molecule has 0 bridgehead atoms. The van der Waals surface area contributed by atoms with E-state index in [-0.39, 0.29) is 24.4 Å². The van der Waals surface area contributed by atoms with Crippen LogP contribution in [0.1, 0.15) is 50.5 Å². The van der Waals surface area contributed by atoms with Gasteiger partial charge in [-0.05, 0) is 49.3 Å². The average molecular weight is 518 g/mol. The highest BCUT2D eigenvalue weighted by molar-refractivity contribution is 5.96. The van der Waals surface area contributed by atoms with Crippen LogP contribution in [0, 0.1) is 5.92 Å². The Morgan fingerprint density at radius 1 is 0.868 bits per heavy atom. The van der Waals surface area contributed by atoms with Gasteiger partial charge in [-0.1, -0.05) is 67.8 Å². The molecule has 0 radical (unpaired) electrons. The molecule has 38 heavy (non-hydrogen) atoms. The molecule has 2 saturated heterocycles. The molecule has 2 aromatic rings. The van der Waals surface area contributed by atoms with Crippen LogP contribution in [0.4, 0.5) is 10.5 Å². The summed E-state index contributed by atoms with van der Waals surface area (Å²) in [6.45, 7) is 2.58. The number of nitrogens with one attached hydrogen (secondary N) is 2. The Morgan fingerprint density at radius 3 is 2.21 bits per heavy atom. The maximum atomic E-state index is 13.9. The molecule has 2 aromatic carbocycles. The molecule has 8 heteroatoms. The van der Waals surface area contributed by atoms with Gasteiger partial charge in [0.15, 0.2) is 0 Å². The van der Waals surface area contributed by atoms with E-state index in [0.717, 1.165) is 11.3 Å². The molecule has 5 rings (SSSR count). The number of carbonyl (C=O) groups is 3. The van der Waals surface area contributed by atoms with Crippen LogP contribution in [0.25, 0.3) is 0 Å². The first kappa shape index (κ1) is 26.1. The lowest BCUT2D eigenvalue weighted by Gasteiger charge is -2.43. The van der Waals surface area contributed by atoms with E-state index in [0.29, 0.717) is 51.6 Å². The maximum Gasteiger partial charge on any atom is 0.317 e. The Balaban J connectivity index is 1.22. The van der Waals surface area contributed by atoms with Gasteiger partial charge in [0.1, 0.15) is 12.1 Å². The minimum absolute atomic E-state index is 0.0153. The summed E-state index contributed by atoms with van der Waals surface area (Å²) >= 11 is 0. The Morgan fingerprint density at radius 2 is 1.53 bits per heavy atom. The first-order valence-corrected chi connectivity index (χ1v) is 14.0. The number of urea groups is 1. The number of likely N-dealkylation sites (tertiary alicyclic amines) is 1. The number of amides is 4. The number of hydrogen-bond acceptors (Lipinski definition) is 4. The molecule has 2 N–H and O–H groups in total. The summed E-state index contributed by atoms with van der Waals surface area (Å²) in [5, 5.41) is 6.09. The highest BCUT2D eigenvalue weighted by atomic mass is 16.2. The van der Waals surface area contributed by atoms with Gasteiger partial charge >= 0.3 is 6.03 Å². The summed E-state index contributed by atoms with van der Waals surface area (Å²) in [5.41, 5.74) is 1.27. The van der Waals surface area contributed by atoms with Crippen molar-refractivity contribution in [1.29, 1.82) is 0 Å². The monoisotopic (exact) mass is 517 g/mol. The Kier molecular flexibility index (Phi) is 8.15. The number of piperidine rings is 1. The van der Waals surface area contributed by atoms with Gasteiger partial charge in [-0.15, -0.1) is 0 Å². The molecule has 1 saturated carbocycles. The van der Waals surface area contributed by atoms with E-state index in [1.165, 1.54) is 32.1 Å². The predicted molar refractivity (Wildman–Crippen MR) is 147 cm³/mol. The first-order valence-electron chi connectivity index (χ1n) is 14.0. The van der Waals surface area contributed by atoms with Crippen molar-refractivity contribution in [2.45, 2.75) is 57.0 Å². The van der Waals surface area contributed by atoms with Crippen LogP contribution >= 0.6 is 0 Å². The van der Waals surface area contributed by atoms with Crippen LogP contribution in [0.2, 0.25) is 0 Å². The number of carbonyl (C=O) groups excluding carboxylic acids is 3. The van der Waals surface area contributed by atoms with Gasteiger partial charge in [-0.3, -0.25) is 9.59 Å². The molecule has 0 atom stereocenters. The summed E-state index contributed by atoms with van der Waals surface area (Å²) < 4.78 is 0. The topological polar surface area (TPSA) is 85.0 Å². The molecule has 4 amide bonds. The summed E-state index contributed by atoms with van der Waals surface area (Å²) in [4.78, 5) is 45.2. The van der Waals surface area contributed by atoms with Crippen molar-refractivity contribution in [1.82, 2.24) is 20.4 Å². The van der Waals surface area contributed by atoms with Crippen LogP contribution in [0.3, 0.4) is 0 Å². The molecule has 3 fully saturated rings. The molecule has 2 aliphatic heterocycles. The standard InChI is InChI=1S/C30H39N5O3/c36-27(31-20-24-10-4-1-5-11-24)22-34-23-35(26-14-8-3-9-15-26)30(28(34)37)16-18-33(19-17-30)29(38)32-21-25-12-6-2-7-13-25/h2-3,6-9,12-15,24H,1,4-5,10-11,16-23H2,(H,31,36)(H,32,38). The number of nitrogens with zero attached hydrogens (tertiary/aromatic N) is 3. The largest absolute Gasteiger partial charge is 0.354 e. The van der Waals surface area contributed by atoms with Crippen molar-refractivity contribution in [2.24, 2.45) is 5.92 Å². The van der Waals surface area contributed by atoms with E-state index < -0.39 is 5.54 Å². The third-order valence-electron chi connectivity index (χ3n) is 8.39. The van der Waals surface area contributed by atoms with Crippen molar-refractivity contribution in [2.75, 3.05) is 37.7 Å². The number of rotatable bonds is 7. The molecule has 0 unspecified atom stereocenters. The first-order chi connectivity index (χ1) is 18.5. The molecule has 1 aliphatic carbocycles. The van der Waals surface area contributed by atoms with E-state index in [2.05, 4.69) is 15.5 Å². The zero-order valence-corrected chi connectivity index (χ0v) is 22.1. The van der Waals surface area contributed by atoms with E-state index in [1.807, 2.05) is 60.7 Å². The van der Waals surface area contributed by atoms with Crippen LogP contribution in [0.15, 0.2) is 60.7 Å². The molecule has 2 heterocycles. The second kappa shape index (κ2) is 11.9. The zero-order valence-electron chi connectivity index (χ0n) is 22.1. The molecule has 3 aliphatic rings. The lowest BCUT2D eigenvalue weighted by Crippen LogP contribution is -2.58. The van der Waals surface area contributed by atoms with Crippen molar-refractivity contribution in [3.05, 3.63) is 66.2 Å². The third kappa shape index (κ3) is 5.79. The summed E-state index contributed by atoms with van der Waals surface area (Å²) in [6, 6.07) is 19.7. The molecule has 202 valence electrons. The average Bonchev–Trinajstić information content (AvgIpc) is 3.23. The van der Waals surface area contributed by atoms with Crippen LogP contribution in [0.5, 0.6) is 0 Å². The summed E-state index contributed by atoms with van der Waals surface area (Å²) in [6.07, 6.45) is 7.16. The zero-order chi connectivity index (χ0) is 26.4. The summed E-state index contributed by atoms with van der Waals surface area (Å²) in [7, 11) is 0. The number of hydrogen-bond donors (Lipinski definition) is 2. The maximum absolute atomic E-state index is 13.9. The number of anilines is 1. The number of para-hydroxylation sites is 1. The quantitative estimate of drug-likeness (QED) is 0.586. The smallest absolute Gasteiger partial charge is 0.317 e. The second-order valence-electron chi connectivity index (χ2n) is 10.9. The fourth-order valence-corrected chi connectivity index (χ4v) is 6.17. The third-order valence-corrected chi connectivity index (χ3v) is 8.39. The van der Waals surface area contributed by atoms with Gasteiger partial charge in [0.25, 0.3) is 5.91 Å². The normalized spacial score (nSPS) is 19.6. The van der Waals surface area contributed by atoms with Gasteiger partial charge in [0.05, 0.1) is 6.67 Å². The van der Waals surface area contributed by atoms with Crippen molar-refractivity contribution >= 4 is 23.5 Å². The molecular weight excluding hydrogens is 478 g/mol. The van der Waals surface area contributed by atoms with Gasteiger partial charge in [0, 0.05) is 31.9 Å². The van der Waals surface area contributed by atoms with Gasteiger partial charge < -0.3 is 25.3 Å². The molecule has 1 spiro atoms. The molecule has 0 aromatic heterocycles. The Hall–Kier alpha value is -3.55. The van der Waals surface area contributed by atoms with E-state index in [9.17, 15) is 14.4 Å². The minimum Gasteiger partial charge on any atom is -0.354 e. The lowest BCUT2D eigenvalue weighted by atomic mass is 9.85. The Bertz CT molecular complexity index is 1100. The van der Waals surface area contributed by atoms with Crippen LogP contribution < -0.4 is 15.5 Å². The highest BCUT2D eigenvalue weighted by Crippen LogP contribution is 2.39. The van der Waals surface area contributed by atoms with E-state index in [1.54, 1.807) is 9.80 Å². The van der Waals surface area contributed by atoms with Crippen molar-refractivity contribution < 1.29 is 14.4 Å². The van der Waals surface area contributed by atoms with Gasteiger partial charge in [-0.25, -0.2) is 4.79 Å². The van der Waals surface area contributed by atoms with Gasteiger partial charge in [0.2, 0.25) is 5.91 Å².